The second kappa shape index (κ2) is 5.53. The minimum Gasteiger partial charge on any atom is -0.439 e. The van der Waals surface area contributed by atoms with Crippen LogP contribution in [-0.2, 0) is 10.7 Å². The lowest BCUT2D eigenvalue weighted by atomic mass is 10.2. The number of aryl methyl sites for hydroxylation is 1. The molecule has 2 rings (SSSR count). The molecule has 0 spiro atoms. The third-order valence-electron chi connectivity index (χ3n) is 2.39. The summed E-state index contributed by atoms with van der Waals surface area (Å²) in [6, 6.07) is 10.3. The molecule has 0 aliphatic heterocycles. The van der Waals surface area contributed by atoms with Crippen LogP contribution in [0.15, 0.2) is 42.6 Å². The molecule has 0 saturated carbocycles. The van der Waals surface area contributed by atoms with Gasteiger partial charge in [-0.2, -0.15) is 0 Å². The van der Waals surface area contributed by atoms with E-state index in [9.17, 15) is 4.57 Å². The molecule has 1 heterocycles. The van der Waals surface area contributed by atoms with Crippen molar-refractivity contribution in [1.29, 1.82) is 0 Å². The van der Waals surface area contributed by atoms with Crippen LogP contribution in [0.5, 0.6) is 11.6 Å². The fourth-order valence-electron chi connectivity index (χ4n) is 1.58. The Labute approximate surface area is 111 Å². The molecule has 1 aromatic carbocycles. The predicted molar refractivity (Wildman–Crippen MR) is 71.2 cm³/mol. The molecule has 0 atom stereocenters. The molecule has 0 radical (unpaired) electrons. The van der Waals surface area contributed by atoms with Crippen molar-refractivity contribution in [3.8, 4) is 11.6 Å². The SMILES string of the molecule is Cc1ccc(Oc2cccc(CP(=O)(O)O)c2)nc1. The molecular formula is C13H14NO4P. The number of hydrogen-bond donors (Lipinski definition) is 2. The van der Waals surface area contributed by atoms with Gasteiger partial charge in [-0.15, -0.1) is 0 Å². The van der Waals surface area contributed by atoms with Gasteiger partial charge in [0, 0.05) is 12.3 Å². The normalized spacial score (nSPS) is 11.3. The van der Waals surface area contributed by atoms with Crippen molar-refractivity contribution in [2.45, 2.75) is 13.1 Å². The third-order valence-corrected chi connectivity index (χ3v) is 3.17. The summed E-state index contributed by atoms with van der Waals surface area (Å²) in [5.74, 6) is 0.946. The second-order valence-electron chi connectivity index (χ2n) is 4.25. The highest BCUT2D eigenvalue weighted by atomic mass is 31.2. The van der Waals surface area contributed by atoms with Crippen LogP contribution in [0.2, 0.25) is 0 Å². The zero-order valence-electron chi connectivity index (χ0n) is 10.4. The first-order valence-electron chi connectivity index (χ1n) is 5.66. The number of rotatable bonds is 4. The van der Waals surface area contributed by atoms with E-state index in [1.807, 2.05) is 13.0 Å². The van der Waals surface area contributed by atoms with Gasteiger partial charge < -0.3 is 14.5 Å². The van der Waals surface area contributed by atoms with Gasteiger partial charge in [0.25, 0.3) is 0 Å². The summed E-state index contributed by atoms with van der Waals surface area (Å²) in [6.07, 6.45) is 1.39. The van der Waals surface area contributed by atoms with E-state index in [2.05, 4.69) is 4.98 Å². The van der Waals surface area contributed by atoms with Crippen LogP contribution >= 0.6 is 7.60 Å². The lowest BCUT2D eigenvalue weighted by molar-refractivity contribution is 0.371. The number of aromatic nitrogens is 1. The van der Waals surface area contributed by atoms with Crippen LogP contribution in [0.25, 0.3) is 0 Å². The number of pyridine rings is 1. The maximum absolute atomic E-state index is 10.9. The predicted octanol–water partition coefficient (Wildman–Crippen LogP) is 2.86. The Kier molecular flexibility index (Phi) is 4.00. The van der Waals surface area contributed by atoms with Crippen molar-refractivity contribution in [3.05, 3.63) is 53.7 Å². The summed E-state index contributed by atoms with van der Waals surface area (Å²) in [5, 5.41) is 0. The number of benzene rings is 1. The Morgan fingerprint density at radius 2 is 2.05 bits per heavy atom. The molecule has 0 aliphatic rings. The first-order valence-corrected chi connectivity index (χ1v) is 7.46. The van der Waals surface area contributed by atoms with Crippen molar-refractivity contribution < 1.29 is 19.1 Å². The van der Waals surface area contributed by atoms with E-state index >= 15 is 0 Å². The van der Waals surface area contributed by atoms with Crippen LogP contribution in [0.3, 0.4) is 0 Å². The molecule has 5 nitrogen and oxygen atoms in total. The van der Waals surface area contributed by atoms with Gasteiger partial charge in [-0.1, -0.05) is 18.2 Å². The van der Waals surface area contributed by atoms with Crippen molar-refractivity contribution in [3.63, 3.8) is 0 Å². The first-order chi connectivity index (χ1) is 8.92. The van der Waals surface area contributed by atoms with Crippen molar-refractivity contribution in [2.75, 3.05) is 0 Å². The zero-order valence-corrected chi connectivity index (χ0v) is 11.2. The van der Waals surface area contributed by atoms with Crippen molar-refractivity contribution in [2.24, 2.45) is 0 Å². The molecule has 0 unspecified atom stereocenters. The van der Waals surface area contributed by atoms with Crippen LogP contribution in [-0.4, -0.2) is 14.8 Å². The Morgan fingerprint density at radius 1 is 1.26 bits per heavy atom. The van der Waals surface area contributed by atoms with Crippen molar-refractivity contribution in [1.82, 2.24) is 4.98 Å². The Morgan fingerprint density at radius 3 is 2.68 bits per heavy atom. The van der Waals surface area contributed by atoms with Crippen molar-refractivity contribution >= 4 is 7.60 Å². The molecule has 100 valence electrons. The smallest absolute Gasteiger partial charge is 0.329 e. The standard InChI is InChI=1S/C13H14NO4P/c1-10-5-6-13(14-8-10)18-12-4-2-3-11(7-12)9-19(15,16)17/h2-8H,9H2,1H3,(H2,15,16,17). The molecule has 6 heteroatoms. The van der Waals surface area contributed by atoms with E-state index in [4.69, 9.17) is 14.5 Å². The molecule has 2 aromatic rings. The van der Waals surface area contributed by atoms with Gasteiger partial charge in [-0.25, -0.2) is 4.98 Å². The molecule has 19 heavy (non-hydrogen) atoms. The van der Waals surface area contributed by atoms with Gasteiger partial charge in [0.05, 0.1) is 6.16 Å². The fraction of sp³-hybridized carbons (Fsp3) is 0.154. The maximum Gasteiger partial charge on any atom is 0.329 e. The summed E-state index contributed by atoms with van der Waals surface area (Å²) in [5.41, 5.74) is 1.56. The quantitative estimate of drug-likeness (QED) is 0.841. The highest BCUT2D eigenvalue weighted by molar-refractivity contribution is 7.50. The Balaban J connectivity index is 2.15. The van der Waals surface area contributed by atoms with Gasteiger partial charge in [0.2, 0.25) is 5.88 Å². The van der Waals surface area contributed by atoms with E-state index in [1.165, 1.54) is 0 Å². The van der Waals surface area contributed by atoms with Gasteiger partial charge in [-0.3, -0.25) is 4.57 Å². The average Bonchev–Trinajstić information content (AvgIpc) is 2.30. The zero-order chi connectivity index (χ0) is 13.9. The van der Waals surface area contributed by atoms with Gasteiger partial charge in [0.1, 0.15) is 5.75 Å². The molecule has 0 amide bonds. The Hall–Kier alpha value is -1.68. The molecular weight excluding hydrogens is 265 g/mol. The summed E-state index contributed by atoms with van der Waals surface area (Å²) in [7, 11) is -4.07. The molecule has 0 fully saturated rings. The van der Waals surface area contributed by atoms with Gasteiger partial charge in [0.15, 0.2) is 0 Å². The second-order valence-corrected chi connectivity index (χ2v) is 5.89. The molecule has 0 saturated heterocycles. The summed E-state index contributed by atoms with van der Waals surface area (Å²) >= 11 is 0. The van der Waals surface area contributed by atoms with Crippen LogP contribution in [0.4, 0.5) is 0 Å². The van der Waals surface area contributed by atoms with E-state index in [0.29, 0.717) is 17.2 Å². The molecule has 0 bridgehead atoms. The highest BCUT2D eigenvalue weighted by Gasteiger charge is 2.14. The van der Waals surface area contributed by atoms with Crippen LogP contribution in [0.1, 0.15) is 11.1 Å². The third kappa shape index (κ3) is 4.48. The van der Waals surface area contributed by atoms with E-state index in [-0.39, 0.29) is 6.16 Å². The lowest BCUT2D eigenvalue weighted by Gasteiger charge is -2.08. The number of nitrogens with zero attached hydrogens (tertiary/aromatic N) is 1. The minimum absolute atomic E-state index is 0.300. The average molecular weight is 279 g/mol. The van der Waals surface area contributed by atoms with E-state index < -0.39 is 7.60 Å². The molecule has 1 aromatic heterocycles. The van der Waals surface area contributed by atoms with Gasteiger partial charge in [-0.05, 0) is 30.2 Å². The first kappa shape index (κ1) is 13.7. The summed E-state index contributed by atoms with van der Waals surface area (Å²) < 4.78 is 16.5. The van der Waals surface area contributed by atoms with Crippen LogP contribution in [0, 0.1) is 6.92 Å². The largest absolute Gasteiger partial charge is 0.439 e. The number of ether oxygens (including phenoxy) is 1. The van der Waals surface area contributed by atoms with Gasteiger partial charge >= 0.3 is 7.60 Å². The fourth-order valence-corrected chi connectivity index (χ4v) is 2.25. The summed E-state index contributed by atoms with van der Waals surface area (Å²) in [6.45, 7) is 1.93. The van der Waals surface area contributed by atoms with Crippen LogP contribution < -0.4 is 4.74 Å². The number of hydrogen-bond acceptors (Lipinski definition) is 3. The van der Waals surface area contributed by atoms with E-state index in [1.54, 1.807) is 36.5 Å². The topological polar surface area (TPSA) is 79.7 Å². The minimum atomic E-state index is -4.07. The lowest BCUT2D eigenvalue weighted by Crippen LogP contribution is -1.91. The Bertz CT molecular complexity index is 606. The summed E-state index contributed by atoms with van der Waals surface area (Å²) in [4.78, 5) is 22.0. The highest BCUT2D eigenvalue weighted by Crippen LogP contribution is 2.39. The van der Waals surface area contributed by atoms with E-state index in [0.717, 1.165) is 5.56 Å². The maximum atomic E-state index is 10.9. The molecule has 0 aliphatic carbocycles. The molecule has 2 N–H and O–H groups in total. The monoisotopic (exact) mass is 279 g/mol.